The maximum atomic E-state index is 13.3. The van der Waals surface area contributed by atoms with E-state index >= 15 is 0 Å². The molecular formula is C34H36N8O2. The highest BCUT2D eigenvalue weighted by Crippen LogP contribution is 2.34. The lowest BCUT2D eigenvalue weighted by atomic mass is 10.0. The first-order valence-corrected chi connectivity index (χ1v) is 14.9. The summed E-state index contributed by atoms with van der Waals surface area (Å²) < 4.78 is 1.88. The smallest absolute Gasteiger partial charge is 0.253 e. The van der Waals surface area contributed by atoms with Gasteiger partial charge < -0.3 is 20.4 Å². The van der Waals surface area contributed by atoms with Gasteiger partial charge in [0.1, 0.15) is 5.69 Å². The van der Waals surface area contributed by atoms with Gasteiger partial charge in [0.05, 0.1) is 16.8 Å². The molecule has 0 bridgehead atoms. The predicted molar refractivity (Wildman–Crippen MR) is 172 cm³/mol. The average molecular weight is 589 g/mol. The number of nitrogens with zero attached hydrogens (tertiary/aromatic N) is 6. The van der Waals surface area contributed by atoms with E-state index in [4.69, 9.17) is 10.1 Å². The molecule has 1 saturated heterocycles. The van der Waals surface area contributed by atoms with Crippen LogP contribution in [0.15, 0.2) is 91.3 Å². The summed E-state index contributed by atoms with van der Waals surface area (Å²) in [5.41, 5.74) is 5.83. The van der Waals surface area contributed by atoms with Crippen LogP contribution in [0.2, 0.25) is 0 Å². The molecule has 0 radical (unpaired) electrons. The number of rotatable bonds is 10. The molecule has 4 heterocycles. The van der Waals surface area contributed by atoms with E-state index in [1.165, 1.54) is 0 Å². The summed E-state index contributed by atoms with van der Waals surface area (Å²) in [6.45, 7) is 2.04. The van der Waals surface area contributed by atoms with Gasteiger partial charge in [0.25, 0.3) is 5.91 Å². The number of carbonyl (C=O) groups excluding carboxylic acids is 2. The summed E-state index contributed by atoms with van der Waals surface area (Å²) in [6.07, 6.45) is 5.73. The van der Waals surface area contributed by atoms with Crippen LogP contribution >= 0.6 is 0 Å². The van der Waals surface area contributed by atoms with E-state index in [0.29, 0.717) is 36.7 Å². The van der Waals surface area contributed by atoms with Crippen LogP contribution in [0.5, 0.6) is 0 Å². The van der Waals surface area contributed by atoms with Crippen molar-refractivity contribution in [2.75, 3.05) is 44.4 Å². The van der Waals surface area contributed by atoms with Crippen molar-refractivity contribution in [3.05, 3.63) is 96.8 Å². The fraction of sp³-hybridized carbons (Fsp3) is 0.265. The Kier molecular flexibility index (Phi) is 8.60. The largest absolute Gasteiger partial charge is 0.350 e. The third-order valence-electron chi connectivity index (χ3n) is 7.73. The molecule has 1 aliphatic heterocycles. The molecule has 1 aliphatic rings. The Bertz CT molecular complexity index is 1750. The molecule has 6 rings (SSSR count). The van der Waals surface area contributed by atoms with Crippen LogP contribution in [0.1, 0.15) is 29.6 Å². The second-order valence-corrected chi connectivity index (χ2v) is 11.3. The number of benzene rings is 2. The molecule has 2 aromatic carbocycles. The number of likely N-dealkylation sites (tertiary alicyclic amines) is 1. The van der Waals surface area contributed by atoms with Gasteiger partial charge in [0.2, 0.25) is 11.9 Å². The van der Waals surface area contributed by atoms with E-state index in [1.807, 2.05) is 84.3 Å². The van der Waals surface area contributed by atoms with Gasteiger partial charge in [0, 0.05) is 54.8 Å². The van der Waals surface area contributed by atoms with Crippen molar-refractivity contribution in [2.24, 2.45) is 0 Å². The van der Waals surface area contributed by atoms with Crippen molar-refractivity contribution in [3.63, 3.8) is 0 Å². The molecule has 0 spiro atoms. The molecule has 2 N–H and O–H groups in total. The fourth-order valence-corrected chi connectivity index (χ4v) is 5.52. The zero-order valence-electron chi connectivity index (χ0n) is 25.0. The van der Waals surface area contributed by atoms with Crippen molar-refractivity contribution < 1.29 is 9.59 Å². The van der Waals surface area contributed by atoms with E-state index in [1.54, 1.807) is 30.5 Å². The Morgan fingerprint density at radius 3 is 2.57 bits per heavy atom. The Balaban J connectivity index is 1.11. The Hall–Kier alpha value is -5.09. The highest BCUT2D eigenvalue weighted by Gasteiger charge is 2.28. The number of fused-ring (bicyclic) bond motifs is 1. The number of amides is 2. The van der Waals surface area contributed by atoms with Gasteiger partial charge in [0.15, 0.2) is 0 Å². The number of hydrogen-bond donors (Lipinski definition) is 2. The fourth-order valence-electron chi connectivity index (χ4n) is 5.52. The predicted octanol–water partition coefficient (Wildman–Crippen LogP) is 5.07. The van der Waals surface area contributed by atoms with E-state index in [2.05, 4.69) is 20.5 Å². The minimum absolute atomic E-state index is 0.0208. The normalized spacial score (nSPS) is 14.7. The number of nitrogens with one attached hydrogen (secondary N) is 2. The van der Waals surface area contributed by atoms with Gasteiger partial charge in [-0.1, -0.05) is 36.4 Å². The van der Waals surface area contributed by atoms with Crippen LogP contribution in [-0.4, -0.2) is 81.0 Å². The maximum Gasteiger partial charge on any atom is 0.253 e. The van der Waals surface area contributed by atoms with Gasteiger partial charge in [-0.3, -0.25) is 9.59 Å². The van der Waals surface area contributed by atoms with Crippen molar-refractivity contribution in [2.45, 2.75) is 25.3 Å². The van der Waals surface area contributed by atoms with Crippen molar-refractivity contribution in [3.8, 4) is 22.5 Å². The van der Waals surface area contributed by atoms with Crippen molar-refractivity contribution in [1.29, 1.82) is 0 Å². The molecule has 2 amide bonds. The van der Waals surface area contributed by atoms with Crippen LogP contribution in [0.3, 0.4) is 0 Å². The first-order chi connectivity index (χ1) is 21.4. The minimum atomic E-state index is -0.0355. The zero-order valence-corrected chi connectivity index (χ0v) is 25.0. The Morgan fingerprint density at radius 2 is 1.77 bits per heavy atom. The third-order valence-corrected chi connectivity index (χ3v) is 7.73. The first kappa shape index (κ1) is 29.0. The molecule has 44 heavy (non-hydrogen) atoms. The summed E-state index contributed by atoms with van der Waals surface area (Å²) in [6, 6.07) is 25.1. The molecule has 1 fully saturated rings. The van der Waals surface area contributed by atoms with Crippen LogP contribution < -0.4 is 10.6 Å². The SMILES string of the molecule is CN(C)CCCC(=O)Nc1ccc(C(=O)N2CC[C@H](Nc3nccc(-c4c(-c5ccccc5)nn5ccccc45)n3)C2)cc1. The summed E-state index contributed by atoms with van der Waals surface area (Å²) in [4.78, 5) is 38.7. The van der Waals surface area contributed by atoms with Crippen LogP contribution in [-0.2, 0) is 4.79 Å². The molecule has 10 nitrogen and oxygen atoms in total. The second kappa shape index (κ2) is 13.0. The highest BCUT2D eigenvalue weighted by atomic mass is 16.2. The molecular weight excluding hydrogens is 552 g/mol. The standard InChI is InChI=1S/C34H36N8O2/c1-40(2)20-8-12-30(43)36-26-15-13-25(14-16-26)33(44)41-22-18-27(23-41)37-34-35-19-17-28(38-34)31-29-11-6-7-21-42(29)39-32(31)24-9-4-3-5-10-24/h3-7,9-11,13-17,19,21,27H,8,12,18,20,22-23H2,1-2H3,(H,36,43)(H,35,37,38)/t27-/m0/s1. The summed E-state index contributed by atoms with van der Waals surface area (Å²) in [5, 5.41) is 11.2. The minimum Gasteiger partial charge on any atom is -0.350 e. The van der Waals surface area contributed by atoms with Crippen molar-refractivity contribution in [1.82, 2.24) is 29.4 Å². The molecule has 0 saturated carbocycles. The van der Waals surface area contributed by atoms with Gasteiger partial charge >= 0.3 is 0 Å². The molecule has 0 unspecified atom stereocenters. The Labute approximate surface area is 256 Å². The number of aromatic nitrogens is 4. The molecule has 5 aromatic rings. The van der Waals surface area contributed by atoms with Crippen molar-refractivity contribution >= 4 is 29.0 Å². The monoisotopic (exact) mass is 588 g/mol. The third kappa shape index (κ3) is 6.60. The number of pyridine rings is 1. The van der Waals surface area contributed by atoms with Gasteiger partial charge in [-0.2, -0.15) is 5.10 Å². The van der Waals surface area contributed by atoms with E-state index < -0.39 is 0 Å². The lowest BCUT2D eigenvalue weighted by Crippen LogP contribution is -2.31. The quantitative estimate of drug-likeness (QED) is 0.235. The number of anilines is 2. The molecule has 224 valence electrons. The van der Waals surface area contributed by atoms with E-state index in [-0.39, 0.29) is 17.9 Å². The lowest BCUT2D eigenvalue weighted by molar-refractivity contribution is -0.116. The van der Waals surface area contributed by atoms with E-state index in [0.717, 1.165) is 47.4 Å². The summed E-state index contributed by atoms with van der Waals surface area (Å²) in [7, 11) is 3.98. The lowest BCUT2D eigenvalue weighted by Gasteiger charge is -2.17. The number of hydrogen-bond acceptors (Lipinski definition) is 7. The summed E-state index contributed by atoms with van der Waals surface area (Å²) in [5.74, 6) is 0.456. The second-order valence-electron chi connectivity index (χ2n) is 11.3. The highest BCUT2D eigenvalue weighted by molar-refractivity contribution is 5.96. The topological polar surface area (TPSA) is 108 Å². The molecule has 0 aliphatic carbocycles. The van der Waals surface area contributed by atoms with Crippen LogP contribution in [0.4, 0.5) is 11.6 Å². The summed E-state index contributed by atoms with van der Waals surface area (Å²) >= 11 is 0. The maximum absolute atomic E-state index is 13.3. The van der Waals surface area contributed by atoms with Gasteiger partial charge in [-0.15, -0.1) is 0 Å². The Morgan fingerprint density at radius 1 is 0.977 bits per heavy atom. The average Bonchev–Trinajstić information content (AvgIpc) is 3.66. The molecule has 10 heteroatoms. The zero-order chi connectivity index (χ0) is 30.5. The van der Waals surface area contributed by atoms with Gasteiger partial charge in [-0.25, -0.2) is 14.5 Å². The molecule has 1 atom stereocenters. The van der Waals surface area contributed by atoms with E-state index in [9.17, 15) is 9.59 Å². The van der Waals surface area contributed by atoms with Crippen LogP contribution in [0, 0.1) is 0 Å². The van der Waals surface area contributed by atoms with Gasteiger partial charge in [-0.05, 0) is 75.9 Å². The number of carbonyl (C=O) groups is 2. The first-order valence-electron chi connectivity index (χ1n) is 14.9. The van der Waals surface area contributed by atoms with Crippen LogP contribution in [0.25, 0.3) is 28.0 Å². The molecule has 3 aromatic heterocycles.